The van der Waals surface area contributed by atoms with Crippen molar-refractivity contribution in [2.45, 2.75) is 39.2 Å². The number of carbonyl (C=O) groups excluding carboxylic acids is 1. The molecule has 0 aliphatic carbocycles. The Morgan fingerprint density at radius 2 is 1.87 bits per heavy atom. The van der Waals surface area contributed by atoms with Crippen molar-refractivity contribution in [2.75, 3.05) is 13.1 Å². The molecule has 3 heterocycles. The van der Waals surface area contributed by atoms with Crippen LogP contribution in [-0.2, 0) is 6.54 Å². The SMILES string of the molecule is CCn1c(C2CCN(C(=O)c3cc(-c4ccccc4)c(C)[nH]c3=O)CC2)n[nH]c1=O. The van der Waals surface area contributed by atoms with Crippen molar-refractivity contribution < 1.29 is 4.79 Å². The van der Waals surface area contributed by atoms with Gasteiger partial charge in [0.1, 0.15) is 11.4 Å². The maximum absolute atomic E-state index is 13.1. The first-order valence-electron chi connectivity index (χ1n) is 10.2. The molecule has 0 atom stereocenters. The molecule has 3 aromatic rings. The summed E-state index contributed by atoms with van der Waals surface area (Å²) in [4.78, 5) is 42.0. The number of aromatic amines is 2. The molecular formula is C22H25N5O3. The summed E-state index contributed by atoms with van der Waals surface area (Å²) >= 11 is 0. The van der Waals surface area contributed by atoms with Gasteiger partial charge in [-0.05, 0) is 38.3 Å². The molecule has 1 amide bonds. The van der Waals surface area contributed by atoms with Gasteiger partial charge in [0.15, 0.2) is 0 Å². The Hall–Kier alpha value is -3.42. The second kappa shape index (κ2) is 8.14. The zero-order chi connectivity index (χ0) is 21.3. The van der Waals surface area contributed by atoms with E-state index in [1.165, 1.54) is 0 Å². The van der Waals surface area contributed by atoms with E-state index in [-0.39, 0.29) is 28.6 Å². The Bertz CT molecular complexity index is 1170. The summed E-state index contributed by atoms with van der Waals surface area (Å²) in [5.41, 5.74) is 2.12. The minimum Gasteiger partial charge on any atom is -0.338 e. The van der Waals surface area contributed by atoms with Crippen LogP contribution in [0.5, 0.6) is 0 Å². The summed E-state index contributed by atoms with van der Waals surface area (Å²) in [6, 6.07) is 11.4. The zero-order valence-electron chi connectivity index (χ0n) is 17.1. The van der Waals surface area contributed by atoms with Gasteiger partial charge in [0, 0.05) is 36.8 Å². The van der Waals surface area contributed by atoms with Crippen LogP contribution in [0.3, 0.4) is 0 Å². The molecule has 1 aliphatic heterocycles. The lowest BCUT2D eigenvalue weighted by atomic mass is 9.95. The molecule has 30 heavy (non-hydrogen) atoms. The summed E-state index contributed by atoms with van der Waals surface area (Å²) in [6.07, 6.45) is 1.40. The van der Waals surface area contributed by atoms with Gasteiger partial charge in [0.05, 0.1) is 0 Å². The monoisotopic (exact) mass is 407 g/mol. The molecule has 1 saturated heterocycles. The number of nitrogens with one attached hydrogen (secondary N) is 2. The fraction of sp³-hybridized carbons (Fsp3) is 0.364. The topological polar surface area (TPSA) is 104 Å². The van der Waals surface area contributed by atoms with Crippen molar-refractivity contribution in [1.82, 2.24) is 24.6 Å². The molecule has 156 valence electrons. The van der Waals surface area contributed by atoms with Crippen LogP contribution in [0.2, 0.25) is 0 Å². The minimum absolute atomic E-state index is 0.115. The van der Waals surface area contributed by atoms with Crippen molar-refractivity contribution in [2.24, 2.45) is 0 Å². The number of likely N-dealkylation sites (tertiary alicyclic amines) is 1. The van der Waals surface area contributed by atoms with Crippen LogP contribution in [0.4, 0.5) is 0 Å². The van der Waals surface area contributed by atoms with Crippen LogP contribution >= 0.6 is 0 Å². The van der Waals surface area contributed by atoms with Crippen LogP contribution < -0.4 is 11.2 Å². The Balaban J connectivity index is 1.55. The second-order valence-corrected chi connectivity index (χ2v) is 7.61. The van der Waals surface area contributed by atoms with Gasteiger partial charge in [0.2, 0.25) is 0 Å². The van der Waals surface area contributed by atoms with Crippen molar-refractivity contribution >= 4 is 5.91 Å². The number of pyridine rings is 1. The third kappa shape index (κ3) is 3.60. The largest absolute Gasteiger partial charge is 0.343 e. The average Bonchev–Trinajstić information content (AvgIpc) is 3.14. The Kier molecular flexibility index (Phi) is 5.39. The number of hydrogen-bond acceptors (Lipinski definition) is 4. The number of hydrogen-bond donors (Lipinski definition) is 2. The highest BCUT2D eigenvalue weighted by Gasteiger charge is 2.29. The number of rotatable bonds is 4. The van der Waals surface area contributed by atoms with Crippen molar-refractivity contribution in [3.63, 3.8) is 0 Å². The van der Waals surface area contributed by atoms with Gasteiger partial charge in [-0.3, -0.25) is 14.2 Å². The summed E-state index contributed by atoms with van der Waals surface area (Å²) < 4.78 is 1.64. The molecule has 8 nitrogen and oxygen atoms in total. The normalized spacial score (nSPS) is 14.8. The van der Waals surface area contributed by atoms with Gasteiger partial charge in [-0.15, -0.1) is 0 Å². The number of amides is 1. The number of piperidine rings is 1. The molecule has 0 spiro atoms. The van der Waals surface area contributed by atoms with Crippen LogP contribution in [0.15, 0.2) is 46.0 Å². The molecular weight excluding hydrogens is 382 g/mol. The van der Waals surface area contributed by atoms with E-state index in [9.17, 15) is 14.4 Å². The number of H-pyrrole nitrogens is 2. The third-order valence-corrected chi connectivity index (χ3v) is 5.80. The number of aromatic nitrogens is 4. The standard InChI is InChI=1S/C22H25N5O3/c1-3-27-19(24-25-22(27)30)16-9-11-26(12-10-16)21(29)18-13-17(14(2)23-20(18)28)15-7-5-4-6-8-15/h4-8,13,16H,3,9-12H2,1-2H3,(H,23,28)(H,25,30). The first-order valence-corrected chi connectivity index (χ1v) is 10.2. The van der Waals surface area contributed by atoms with Gasteiger partial charge >= 0.3 is 5.69 Å². The zero-order valence-corrected chi connectivity index (χ0v) is 17.1. The molecule has 2 N–H and O–H groups in total. The highest BCUT2D eigenvalue weighted by Crippen LogP contribution is 2.27. The number of carbonyl (C=O) groups is 1. The van der Waals surface area contributed by atoms with E-state index >= 15 is 0 Å². The highest BCUT2D eigenvalue weighted by atomic mass is 16.2. The van der Waals surface area contributed by atoms with E-state index in [4.69, 9.17) is 0 Å². The van der Waals surface area contributed by atoms with Gasteiger partial charge in [-0.2, -0.15) is 5.10 Å². The van der Waals surface area contributed by atoms with E-state index in [1.807, 2.05) is 44.2 Å². The number of aryl methyl sites for hydroxylation is 1. The second-order valence-electron chi connectivity index (χ2n) is 7.61. The molecule has 1 aromatic carbocycles. The van der Waals surface area contributed by atoms with Crippen molar-refractivity contribution in [1.29, 1.82) is 0 Å². The van der Waals surface area contributed by atoms with Gasteiger partial charge in [0.25, 0.3) is 11.5 Å². The summed E-state index contributed by atoms with van der Waals surface area (Å²) in [5.74, 6) is 0.597. The highest BCUT2D eigenvalue weighted by molar-refractivity contribution is 5.95. The van der Waals surface area contributed by atoms with E-state index < -0.39 is 0 Å². The minimum atomic E-state index is -0.369. The van der Waals surface area contributed by atoms with Gasteiger partial charge in [-0.25, -0.2) is 9.89 Å². The molecule has 1 fully saturated rings. The molecule has 2 aromatic heterocycles. The first kappa shape index (κ1) is 19.9. The van der Waals surface area contributed by atoms with Crippen molar-refractivity contribution in [3.8, 4) is 11.1 Å². The lowest BCUT2D eigenvalue weighted by Gasteiger charge is -2.31. The average molecular weight is 407 g/mol. The quantitative estimate of drug-likeness (QED) is 0.692. The van der Waals surface area contributed by atoms with E-state index in [2.05, 4.69) is 15.2 Å². The van der Waals surface area contributed by atoms with E-state index in [1.54, 1.807) is 15.5 Å². The predicted molar refractivity (Wildman–Crippen MR) is 114 cm³/mol. The van der Waals surface area contributed by atoms with Crippen LogP contribution in [0.25, 0.3) is 11.1 Å². The smallest absolute Gasteiger partial charge is 0.338 e. The molecule has 0 radical (unpaired) electrons. The van der Waals surface area contributed by atoms with E-state index in [0.29, 0.717) is 32.5 Å². The number of nitrogens with zero attached hydrogens (tertiary/aromatic N) is 3. The molecule has 0 bridgehead atoms. The summed E-state index contributed by atoms with van der Waals surface area (Å²) in [6.45, 7) is 5.34. The third-order valence-electron chi connectivity index (χ3n) is 5.80. The fourth-order valence-electron chi connectivity index (χ4n) is 4.16. The molecule has 8 heteroatoms. The first-order chi connectivity index (χ1) is 14.5. The molecule has 4 rings (SSSR count). The van der Waals surface area contributed by atoms with Crippen LogP contribution in [0, 0.1) is 6.92 Å². The predicted octanol–water partition coefficient (Wildman–Crippen LogP) is 2.27. The Morgan fingerprint density at radius 1 is 1.17 bits per heavy atom. The van der Waals surface area contributed by atoms with Crippen LogP contribution in [-0.4, -0.2) is 43.6 Å². The van der Waals surface area contributed by atoms with Gasteiger partial charge < -0.3 is 9.88 Å². The summed E-state index contributed by atoms with van der Waals surface area (Å²) in [5, 5.41) is 6.69. The maximum atomic E-state index is 13.1. The van der Waals surface area contributed by atoms with Gasteiger partial charge in [-0.1, -0.05) is 30.3 Å². The fourth-order valence-corrected chi connectivity index (χ4v) is 4.16. The maximum Gasteiger partial charge on any atom is 0.343 e. The Morgan fingerprint density at radius 3 is 2.53 bits per heavy atom. The lowest BCUT2D eigenvalue weighted by Crippen LogP contribution is -2.40. The molecule has 1 aliphatic rings. The molecule has 0 saturated carbocycles. The van der Waals surface area contributed by atoms with Crippen LogP contribution in [0.1, 0.15) is 47.6 Å². The Labute approximate surface area is 173 Å². The van der Waals surface area contributed by atoms with Crippen molar-refractivity contribution in [3.05, 3.63) is 74.3 Å². The lowest BCUT2D eigenvalue weighted by molar-refractivity contribution is 0.0708. The number of benzene rings is 1. The van der Waals surface area contributed by atoms with E-state index in [0.717, 1.165) is 22.6 Å². The molecule has 0 unspecified atom stereocenters. The summed E-state index contributed by atoms with van der Waals surface area (Å²) in [7, 11) is 0.